The molecule has 0 aliphatic rings. The van der Waals surface area contributed by atoms with E-state index in [9.17, 15) is 15.4 Å². The van der Waals surface area contributed by atoms with Crippen molar-refractivity contribution in [2.75, 3.05) is 7.11 Å². The van der Waals surface area contributed by atoms with Gasteiger partial charge in [0.1, 0.15) is 6.61 Å². The van der Waals surface area contributed by atoms with Crippen LogP contribution >= 0.6 is 15.9 Å². The Morgan fingerprint density at radius 3 is 2.61 bits per heavy atom. The Morgan fingerprint density at radius 2 is 1.97 bits per heavy atom. The van der Waals surface area contributed by atoms with Crippen LogP contribution in [0.2, 0.25) is 0 Å². The van der Waals surface area contributed by atoms with Crippen molar-refractivity contribution >= 4 is 33.3 Å². The molecule has 0 aliphatic heterocycles. The summed E-state index contributed by atoms with van der Waals surface area (Å²) in [6, 6.07) is 19.6. The van der Waals surface area contributed by atoms with Gasteiger partial charge >= 0.3 is 0 Å². The van der Waals surface area contributed by atoms with Gasteiger partial charge in [-0.15, -0.1) is 6.58 Å². The summed E-state index contributed by atoms with van der Waals surface area (Å²) < 4.78 is 12.7. The molecule has 7 heteroatoms. The zero-order valence-electron chi connectivity index (χ0n) is 18.0. The van der Waals surface area contributed by atoms with Crippen LogP contribution in [0.4, 0.5) is 5.69 Å². The van der Waals surface area contributed by atoms with Gasteiger partial charge in [-0.2, -0.15) is 5.26 Å². The predicted molar refractivity (Wildman–Crippen MR) is 132 cm³/mol. The summed E-state index contributed by atoms with van der Waals surface area (Å²) in [6.45, 7) is 4.19. The lowest BCUT2D eigenvalue weighted by molar-refractivity contribution is -0.384. The van der Waals surface area contributed by atoms with Crippen LogP contribution in [0.3, 0.4) is 0 Å². The first-order valence-corrected chi connectivity index (χ1v) is 10.8. The highest BCUT2D eigenvalue weighted by Gasteiger charge is 2.14. The summed E-state index contributed by atoms with van der Waals surface area (Å²) in [4.78, 5) is 10.6. The van der Waals surface area contributed by atoms with E-state index in [0.717, 1.165) is 15.6 Å². The van der Waals surface area contributed by atoms with Crippen molar-refractivity contribution in [2.24, 2.45) is 0 Å². The summed E-state index contributed by atoms with van der Waals surface area (Å²) in [5, 5.41) is 20.8. The summed E-state index contributed by atoms with van der Waals surface area (Å²) in [6.07, 6.45) is 3.97. The van der Waals surface area contributed by atoms with Gasteiger partial charge in [-0.1, -0.05) is 46.3 Å². The maximum atomic E-state index is 11.1. The van der Waals surface area contributed by atoms with E-state index in [1.54, 1.807) is 37.5 Å². The summed E-state index contributed by atoms with van der Waals surface area (Å²) in [7, 11) is 1.55. The molecule has 0 N–H and O–H groups in total. The lowest BCUT2D eigenvalue weighted by Gasteiger charge is -2.16. The van der Waals surface area contributed by atoms with Crippen molar-refractivity contribution in [2.45, 2.75) is 13.0 Å². The number of nitro benzene ring substituents is 1. The molecule has 0 fully saturated rings. The zero-order valence-corrected chi connectivity index (χ0v) is 19.5. The number of allylic oxidation sites excluding steroid dienone is 2. The number of hydrogen-bond donors (Lipinski definition) is 0. The molecule has 0 bridgehead atoms. The van der Waals surface area contributed by atoms with Gasteiger partial charge in [-0.25, -0.2) is 0 Å². The zero-order chi connectivity index (χ0) is 23.8. The molecule has 0 radical (unpaired) electrons. The molecule has 33 heavy (non-hydrogen) atoms. The van der Waals surface area contributed by atoms with E-state index in [-0.39, 0.29) is 5.69 Å². The third-order valence-electron chi connectivity index (χ3n) is 4.83. The summed E-state index contributed by atoms with van der Waals surface area (Å²) >= 11 is 3.42. The molecule has 3 aromatic rings. The minimum Gasteiger partial charge on any atom is -0.493 e. The molecule has 6 nitrogen and oxygen atoms in total. The number of halogens is 1. The highest BCUT2D eigenvalue weighted by atomic mass is 79.9. The van der Waals surface area contributed by atoms with Crippen LogP contribution in [0.1, 0.15) is 22.3 Å². The van der Waals surface area contributed by atoms with Gasteiger partial charge < -0.3 is 9.47 Å². The number of nitriles is 1. The van der Waals surface area contributed by atoms with Gasteiger partial charge in [0.05, 0.1) is 23.7 Å². The predicted octanol–water partition coefficient (Wildman–Crippen LogP) is 6.74. The van der Waals surface area contributed by atoms with E-state index in [1.807, 2.05) is 30.3 Å². The van der Waals surface area contributed by atoms with Crippen LogP contribution in [0.5, 0.6) is 11.5 Å². The molecule has 0 saturated carbocycles. The molecule has 3 rings (SSSR count). The number of nitrogens with zero attached hydrogens (tertiary/aromatic N) is 2. The summed E-state index contributed by atoms with van der Waals surface area (Å²) in [5.41, 5.74) is 3.26. The molecule has 0 saturated heterocycles. The Kier molecular flexibility index (Phi) is 8.01. The van der Waals surface area contributed by atoms with Gasteiger partial charge in [0.2, 0.25) is 0 Å². The molecule has 0 aromatic heterocycles. The fourth-order valence-corrected chi connectivity index (χ4v) is 3.52. The van der Waals surface area contributed by atoms with Crippen molar-refractivity contribution < 1.29 is 14.4 Å². The number of rotatable bonds is 9. The summed E-state index contributed by atoms with van der Waals surface area (Å²) in [5.74, 6) is 1.13. The van der Waals surface area contributed by atoms with Gasteiger partial charge in [0, 0.05) is 22.2 Å². The van der Waals surface area contributed by atoms with Crippen molar-refractivity contribution in [1.82, 2.24) is 0 Å². The van der Waals surface area contributed by atoms with Crippen LogP contribution in [0.25, 0.3) is 11.6 Å². The smallest absolute Gasteiger partial charge is 0.270 e. The van der Waals surface area contributed by atoms with Crippen molar-refractivity contribution in [3.8, 4) is 17.6 Å². The molecule has 0 amide bonds. The highest BCUT2D eigenvalue weighted by molar-refractivity contribution is 9.10. The van der Waals surface area contributed by atoms with E-state index >= 15 is 0 Å². The minimum atomic E-state index is -0.485. The quantitative estimate of drug-likeness (QED) is 0.106. The molecule has 0 heterocycles. The Hall–Kier alpha value is -3.89. The number of hydrogen-bond acceptors (Lipinski definition) is 5. The highest BCUT2D eigenvalue weighted by Crippen LogP contribution is 2.35. The second kappa shape index (κ2) is 11.1. The second-order valence-corrected chi connectivity index (χ2v) is 8.01. The van der Waals surface area contributed by atoms with E-state index < -0.39 is 4.92 Å². The monoisotopic (exact) mass is 504 g/mol. The molecule has 166 valence electrons. The second-order valence-electron chi connectivity index (χ2n) is 7.10. The van der Waals surface area contributed by atoms with E-state index in [2.05, 4.69) is 28.6 Å². The molecule has 3 aromatic carbocycles. The normalized spacial score (nSPS) is 10.9. The van der Waals surface area contributed by atoms with E-state index in [1.165, 1.54) is 12.1 Å². The Bertz CT molecular complexity index is 1240. The van der Waals surface area contributed by atoms with Crippen LogP contribution in [-0.2, 0) is 13.0 Å². The maximum Gasteiger partial charge on any atom is 0.270 e. The largest absolute Gasteiger partial charge is 0.493 e. The Labute approximate surface area is 200 Å². The third-order valence-corrected chi connectivity index (χ3v) is 5.36. The molecule has 0 spiro atoms. The molecular formula is C26H21BrN2O4. The number of nitro groups is 1. The van der Waals surface area contributed by atoms with Crippen molar-refractivity contribution in [1.29, 1.82) is 5.26 Å². The molecule has 0 aliphatic carbocycles. The van der Waals surface area contributed by atoms with Crippen LogP contribution in [-0.4, -0.2) is 12.0 Å². The Morgan fingerprint density at radius 1 is 1.21 bits per heavy atom. The van der Waals surface area contributed by atoms with E-state index in [4.69, 9.17) is 9.47 Å². The average Bonchev–Trinajstić information content (AvgIpc) is 2.82. The standard InChI is InChI=1S/C26H21BrN2O4/c1-3-5-21-12-19(13-22(16-28)20-6-4-7-24(15-20)29(30)31)14-25(32-2)26(21)33-17-18-8-10-23(27)11-9-18/h3-4,6-15H,1,5,17H2,2H3/b22-13-. The fourth-order valence-electron chi connectivity index (χ4n) is 3.26. The maximum absolute atomic E-state index is 11.1. The molecular weight excluding hydrogens is 484 g/mol. The minimum absolute atomic E-state index is 0.0738. The SMILES string of the molecule is C=CCc1cc(/C=C(/C#N)c2cccc([N+](=O)[O-])c2)cc(OC)c1OCc1ccc(Br)cc1. The van der Waals surface area contributed by atoms with Gasteiger partial charge in [-0.3, -0.25) is 10.1 Å². The van der Waals surface area contributed by atoms with Gasteiger partial charge in [0.25, 0.3) is 5.69 Å². The van der Waals surface area contributed by atoms with Crippen LogP contribution in [0.15, 0.2) is 77.8 Å². The molecule has 0 unspecified atom stereocenters. The van der Waals surface area contributed by atoms with Crippen molar-refractivity contribution in [3.05, 3.63) is 110 Å². The first-order valence-electron chi connectivity index (χ1n) is 10.0. The number of non-ortho nitro benzene ring substituents is 1. The number of methoxy groups -OCH3 is 1. The lowest BCUT2D eigenvalue weighted by Crippen LogP contribution is -2.02. The number of ether oxygens (including phenoxy) is 2. The van der Waals surface area contributed by atoms with Crippen LogP contribution < -0.4 is 9.47 Å². The van der Waals surface area contributed by atoms with Gasteiger partial charge in [0.15, 0.2) is 11.5 Å². The lowest BCUT2D eigenvalue weighted by atomic mass is 10.0. The average molecular weight is 505 g/mol. The third kappa shape index (κ3) is 6.09. The molecule has 0 atom stereocenters. The van der Waals surface area contributed by atoms with E-state index in [0.29, 0.717) is 41.2 Å². The first kappa shape index (κ1) is 23.8. The number of benzene rings is 3. The topological polar surface area (TPSA) is 85.4 Å². The Balaban J connectivity index is 1.98. The first-order chi connectivity index (χ1) is 15.9. The van der Waals surface area contributed by atoms with Crippen molar-refractivity contribution in [3.63, 3.8) is 0 Å². The van der Waals surface area contributed by atoms with Crippen LogP contribution in [0, 0.1) is 21.4 Å². The fraction of sp³-hybridized carbons (Fsp3) is 0.115. The van der Waals surface area contributed by atoms with Gasteiger partial charge in [-0.05, 0) is 53.5 Å².